The second kappa shape index (κ2) is 9.72. The quantitative estimate of drug-likeness (QED) is 0.589. The molecule has 7 nitrogen and oxygen atoms in total. The summed E-state index contributed by atoms with van der Waals surface area (Å²) in [4.78, 5) is 39.6. The second-order valence-electron chi connectivity index (χ2n) is 9.94. The van der Waals surface area contributed by atoms with Gasteiger partial charge in [0, 0.05) is 18.5 Å². The van der Waals surface area contributed by atoms with Crippen LogP contribution in [0.4, 0.5) is 4.79 Å². The number of hydrogen-bond acceptors (Lipinski definition) is 4. The zero-order chi connectivity index (χ0) is 24.5. The van der Waals surface area contributed by atoms with Crippen LogP contribution in [-0.4, -0.2) is 53.2 Å². The topological polar surface area (TPSA) is 95.9 Å². The normalized spacial score (nSPS) is 21.8. The summed E-state index contributed by atoms with van der Waals surface area (Å²) in [6.07, 6.45) is 3.07. The fraction of sp³-hybridized carbons (Fsp3) is 0.464. The largest absolute Gasteiger partial charge is 0.481 e. The van der Waals surface area contributed by atoms with Crippen molar-refractivity contribution in [3.63, 3.8) is 0 Å². The summed E-state index contributed by atoms with van der Waals surface area (Å²) in [5.74, 6) is -1.25. The molecule has 0 radical (unpaired) electrons. The Morgan fingerprint density at radius 2 is 1.66 bits per heavy atom. The number of alkyl carbamates (subject to hydrolysis) is 1. The van der Waals surface area contributed by atoms with E-state index in [0.717, 1.165) is 35.1 Å². The molecule has 1 saturated carbocycles. The third-order valence-corrected chi connectivity index (χ3v) is 7.76. The molecular formula is C28H32N2O5. The van der Waals surface area contributed by atoms with Gasteiger partial charge < -0.3 is 20.1 Å². The highest BCUT2D eigenvalue weighted by molar-refractivity contribution is 5.87. The van der Waals surface area contributed by atoms with Crippen LogP contribution in [0.25, 0.3) is 11.1 Å². The van der Waals surface area contributed by atoms with Crippen molar-refractivity contribution in [3.05, 3.63) is 59.7 Å². The standard InChI is InChI=1S/C28H32N2O5/c1-2-25-22(27(32)33)13-14-30(25)26(31)24(15-17-11-12-17)29-28(34)35-16-23-20-9-5-3-7-18(20)19-8-4-6-10-21(19)23/h3-10,17,22-25H,2,11-16H2,1H3,(H,29,34)(H,32,33). The fourth-order valence-corrected chi connectivity index (χ4v) is 5.81. The number of nitrogens with zero attached hydrogens (tertiary/aromatic N) is 1. The number of fused-ring (bicyclic) bond motifs is 3. The van der Waals surface area contributed by atoms with E-state index in [4.69, 9.17) is 4.74 Å². The zero-order valence-corrected chi connectivity index (χ0v) is 20.0. The van der Waals surface area contributed by atoms with E-state index < -0.39 is 24.0 Å². The lowest BCUT2D eigenvalue weighted by Crippen LogP contribution is -2.51. The summed E-state index contributed by atoms with van der Waals surface area (Å²) >= 11 is 0. The molecule has 1 aliphatic heterocycles. The molecule has 0 bridgehead atoms. The number of carbonyl (C=O) groups is 3. The van der Waals surface area contributed by atoms with Crippen LogP contribution in [-0.2, 0) is 14.3 Å². The van der Waals surface area contributed by atoms with E-state index in [2.05, 4.69) is 29.6 Å². The molecule has 35 heavy (non-hydrogen) atoms. The minimum absolute atomic E-state index is 0.0508. The van der Waals surface area contributed by atoms with Crippen LogP contribution in [0.1, 0.15) is 56.1 Å². The van der Waals surface area contributed by atoms with E-state index in [1.165, 1.54) is 0 Å². The van der Waals surface area contributed by atoms with Gasteiger partial charge in [-0.05, 0) is 47.4 Å². The highest BCUT2D eigenvalue weighted by Gasteiger charge is 2.43. The van der Waals surface area contributed by atoms with E-state index >= 15 is 0 Å². The van der Waals surface area contributed by atoms with Gasteiger partial charge in [-0.25, -0.2) is 4.79 Å². The number of rotatable bonds is 8. The summed E-state index contributed by atoms with van der Waals surface area (Å²) in [6, 6.07) is 15.3. The Balaban J connectivity index is 1.26. The van der Waals surface area contributed by atoms with Crippen LogP contribution in [0.15, 0.2) is 48.5 Å². The van der Waals surface area contributed by atoms with Gasteiger partial charge in [-0.2, -0.15) is 0 Å². The number of carboxylic acid groups (broad SMARTS) is 1. The molecule has 2 aromatic rings. The Hall–Kier alpha value is -3.35. The van der Waals surface area contributed by atoms with Gasteiger partial charge in [-0.1, -0.05) is 68.3 Å². The fourth-order valence-electron chi connectivity index (χ4n) is 5.81. The maximum Gasteiger partial charge on any atom is 0.407 e. The van der Waals surface area contributed by atoms with Gasteiger partial charge in [0.1, 0.15) is 12.6 Å². The summed E-state index contributed by atoms with van der Waals surface area (Å²) in [7, 11) is 0. The van der Waals surface area contributed by atoms with E-state index in [0.29, 0.717) is 31.7 Å². The van der Waals surface area contributed by atoms with Crippen molar-refractivity contribution in [2.45, 2.75) is 57.0 Å². The molecule has 2 fully saturated rings. The number of hydrogen-bond donors (Lipinski definition) is 2. The Morgan fingerprint density at radius 3 is 2.23 bits per heavy atom. The maximum absolute atomic E-state index is 13.4. The van der Waals surface area contributed by atoms with E-state index in [9.17, 15) is 19.5 Å². The Bertz CT molecular complexity index is 1080. The number of likely N-dealkylation sites (tertiary alicyclic amines) is 1. The lowest BCUT2D eigenvalue weighted by Gasteiger charge is -2.30. The first-order chi connectivity index (χ1) is 17.0. The lowest BCUT2D eigenvalue weighted by molar-refractivity contribution is -0.143. The molecule has 7 heteroatoms. The SMILES string of the molecule is CCC1C(C(=O)O)CCN1C(=O)C(CC1CC1)NC(=O)OCC1c2ccccc2-c2ccccc21. The van der Waals surface area contributed by atoms with Crippen molar-refractivity contribution in [2.24, 2.45) is 11.8 Å². The molecule has 3 atom stereocenters. The minimum atomic E-state index is -0.865. The monoisotopic (exact) mass is 476 g/mol. The predicted octanol–water partition coefficient (Wildman–Crippen LogP) is 4.41. The first kappa shape index (κ1) is 23.4. The van der Waals surface area contributed by atoms with E-state index in [1.54, 1.807) is 4.90 Å². The lowest BCUT2D eigenvalue weighted by atomic mass is 9.98. The summed E-state index contributed by atoms with van der Waals surface area (Å²) in [5.41, 5.74) is 4.59. The van der Waals surface area contributed by atoms with Crippen molar-refractivity contribution in [3.8, 4) is 11.1 Å². The first-order valence-corrected chi connectivity index (χ1v) is 12.6. The predicted molar refractivity (Wildman–Crippen MR) is 131 cm³/mol. The van der Waals surface area contributed by atoms with Crippen molar-refractivity contribution in [2.75, 3.05) is 13.2 Å². The molecule has 2 N–H and O–H groups in total. The van der Waals surface area contributed by atoms with Gasteiger partial charge in [0.15, 0.2) is 0 Å². The molecule has 5 rings (SSSR count). The van der Waals surface area contributed by atoms with Crippen LogP contribution in [0, 0.1) is 11.8 Å². The van der Waals surface area contributed by atoms with Gasteiger partial charge in [-0.3, -0.25) is 9.59 Å². The maximum atomic E-state index is 13.4. The first-order valence-electron chi connectivity index (χ1n) is 12.6. The number of benzene rings is 2. The molecule has 2 amide bonds. The number of carboxylic acids is 1. The zero-order valence-electron chi connectivity index (χ0n) is 20.0. The molecule has 0 aromatic heterocycles. The van der Waals surface area contributed by atoms with Crippen LogP contribution in [0.2, 0.25) is 0 Å². The van der Waals surface area contributed by atoms with Crippen molar-refractivity contribution in [1.82, 2.24) is 10.2 Å². The van der Waals surface area contributed by atoms with Gasteiger partial charge in [0.05, 0.1) is 5.92 Å². The Kier molecular flexibility index (Phi) is 6.50. The molecule has 1 heterocycles. The second-order valence-corrected chi connectivity index (χ2v) is 9.94. The van der Waals surface area contributed by atoms with Crippen molar-refractivity contribution < 1.29 is 24.2 Å². The molecular weight excluding hydrogens is 444 g/mol. The summed E-state index contributed by atoms with van der Waals surface area (Å²) in [5, 5.41) is 12.4. The highest BCUT2D eigenvalue weighted by atomic mass is 16.5. The highest BCUT2D eigenvalue weighted by Crippen LogP contribution is 2.44. The van der Waals surface area contributed by atoms with Crippen LogP contribution in [0.3, 0.4) is 0 Å². The van der Waals surface area contributed by atoms with E-state index in [-0.39, 0.29) is 24.5 Å². The molecule has 2 aromatic carbocycles. The minimum Gasteiger partial charge on any atom is -0.481 e. The average Bonchev–Trinajstić information content (AvgIpc) is 3.48. The van der Waals surface area contributed by atoms with Gasteiger partial charge in [0.2, 0.25) is 5.91 Å². The smallest absolute Gasteiger partial charge is 0.407 e. The molecule has 3 unspecified atom stereocenters. The van der Waals surface area contributed by atoms with Crippen LogP contribution >= 0.6 is 0 Å². The average molecular weight is 477 g/mol. The van der Waals surface area contributed by atoms with Crippen LogP contribution in [0.5, 0.6) is 0 Å². The van der Waals surface area contributed by atoms with Gasteiger partial charge in [0.25, 0.3) is 0 Å². The summed E-state index contributed by atoms with van der Waals surface area (Å²) < 4.78 is 5.68. The number of carbonyl (C=O) groups excluding carboxylic acids is 2. The van der Waals surface area contributed by atoms with Gasteiger partial charge >= 0.3 is 12.1 Å². The number of ether oxygens (including phenoxy) is 1. The Labute approximate surface area is 205 Å². The number of aliphatic carboxylic acids is 1. The third kappa shape index (κ3) is 4.64. The number of nitrogens with one attached hydrogen (secondary N) is 1. The van der Waals surface area contributed by atoms with E-state index in [1.807, 2.05) is 31.2 Å². The molecule has 1 saturated heterocycles. The summed E-state index contributed by atoms with van der Waals surface area (Å²) in [6.45, 7) is 2.50. The molecule has 3 aliphatic rings. The molecule has 184 valence electrons. The molecule has 2 aliphatic carbocycles. The Morgan fingerprint density at radius 1 is 1.03 bits per heavy atom. The molecule has 0 spiro atoms. The van der Waals surface area contributed by atoms with Crippen molar-refractivity contribution in [1.29, 1.82) is 0 Å². The van der Waals surface area contributed by atoms with Gasteiger partial charge in [-0.15, -0.1) is 0 Å². The third-order valence-electron chi connectivity index (χ3n) is 7.76. The number of amides is 2. The van der Waals surface area contributed by atoms with Crippen LogP contribution < -0.4 is 5.32 Å². The van der Waals surface area contributed by atoms with Crippen molar-refractivity contribution >= 4 is 18.0 Å².